The molecule has 7 heteroatoms. The molecule has 0 spiro atoms. The molecule has 0 radical (unpaired) electrons. The Morgan fingerprint density at radius 1 is 1.32 bits per heavy atom. The van der Waals surface area contributed by atoms with Crippen LogP contribution in [0.4, 0.5) is 5.69 Å². The van der Waals surface area contributed by atoms with Crippen molar-refractivity contribution in [2.24, 2.45) is 0 Å². The molecule has 3 N–H and O–H groups in total. The number of carbonyl (C=O) groups excluding carboxylic acids is 1. The summed E-state index contributed by atoms with van der Waals surface area (Å²) in [5.41, 5.74) is 1.70. The van der Waals surface area contributed by atoms with Crippen molar-refractivity contribution >= 4 is 23.2 Å². The fourth-order valence-electron chi connectivity index (χ4n) is 2.69. The first-order chi connectivity index (χ1) is 12.0. The minimum absolute atomic E-state index is 0.0238. The monoisotopic (exact) mass is 362 g/mol. The molecule has 0 bridgehead atoms. The van der Waals surface area contributed by atoms with Gasteiger partial charge in [-0.15, -0.1) is 0 Å². The Labute approximate surface area is 150 Å². The van der Waals surface area contributed by atoms with E-state index in [1.165, 1.54) is 13.2 Å². The zero-order valence-electron chi connectivity index (χ0n) is 13.7. The van der Waals surface area contributed by atoms with Crippen molar-refractivity contribution in [2.45, 2.75) is 12.6 Å². The van der Waals surface area contributed by atoms with Crippen molar-refractivity contribution in [3.8, 4) is 11.5 Å². The zero-order valence-corrected chi connectivity index (χ0v) is 14.5. The van der Waals surface area contributed by atoms with Gasteiger partial charge >= 0.3 is 0 Å². The van der Waals surface area contributed by atoms with Crippen LogP contribution in [0.15, 0.2) is 36.4 Å². The molecule has 3 rings (SSSR count). The lowest BCUT2D eigenvalue weighted by molar-refractivity contribution is 0.0947. The van der Waals surface area contributed by atoms with E-state index >= 15 is 0 Å². The number of anilines is 1. The number of hydrogen-bond acceptors (Lipinski definition) is 5. The normalized spacial score (nSPS) is 14.1. The van der Waals surface area contributed by atoms with Gasteiger partial charge in [0.1, 0.15) is 11.5 Å². The smallest absolute Gasteiger partial charge is 0.255 e. The minimum Gasteiger partial charge on any atom is -0.506 e. The maximum atomic E-state index is 12.5. The molecule has 0 aromatic heterocycles. The van der Waals surface area contributed by atoms with Crippen LogP contribution < -0.4 is 15.0 Å². The van der Waals surface area contributed by atoms with Gasteiger partial charge in [-0.1, -0.05) is 23.7 Å². The number of β-amino-alcohol motifs (C(OH)–C–C–N with tert-alkyl or cyclic N) is 1. The van der Waals surface area contributed by atoms with Crippen molar-refractivity contribution < 1.29 is 19.7 Å². The zero-order chi connectivity index (χ0) is 18.0. The van der Waals surface area contributed by atoms with Gasteiger partial charge < -0.3 is 25.2 Å². The van der Waals surface area contributed by atoms with Gasteiger partial charge in [0.05, 0.1) is 24.5 Å². The first kappa shape index (κ1) is 17.4. The number of aliphatic hydroxyl groups is 1. The van der Waals surface area contributed by atoms with Crippen LogP contribution in [-0.2, 0) is 6.54 Å². The lowest BCUT2D eigenvalue weighted by atomic mass is 10.1. The van der Waals surface area contributed by atoms with E-state index in [1.54, 1.807) is 18.2 Å². The van der Waals surface area contributed by atoms with E-state index < -0.39 is 6.10 Å². The molecule has 6 nitrogen and oxygen atoms in total. The highest BCUT2D eigenvalue weighted by Crippen LogP contribution is 2.36. The van der Waals surface area contributed by atoms with Crippen molar-refractivity contribution in [2.75, 3.05) is 25.1 Å². The molecule has 132 valence electrons. The number of phenolic OH excluding ortho intramolecular Hbond substituents is 1. The SMILES string of the molecule is COc1cc(N2CC(O)C2)c(O)cc1C(=O)NCc1ccc(Cl)cc1. The maximum absolute atomic E-state index is 12.5. The largest absolute Gasteiger partial charge is 0.506 e. The topological polar surface area (TPSA) is 82.0 Å². The summed E-state index contributed by atoms with van der Waals surface area (Å²) in [6, 6.07) is 10.2. The third-order valence-electron chi connectivity index (χ3n) is 4.11. The highest BCUT2D eigenvalue weighted by Gasteiger charge is 2.28. The second-order valence-corrected chi connectivity index (χ2v) is 6.35. The van der Waals surface area contributed by atoms with Crippen molar-refractivity contribution in [1.29, 1.82) is 0 Å². The first-order valence-electron chi connectivity index (χ1n) is 7.84. The van der Waals surface area contributed by atoms with Gasteiger partial charge in [0, 0.05) is 30.7 Å². The van der Waals surface area contributed by atoms with Gasteiger partial charge in [-0.25, -0.2) is 0 Å². The summed E-state index contributed by atoms with van der Waals surface area (Å²) in [6.07, 6.45) is -0.396. The highest BCUT2D eigenvalue weighted by molar-refractivity contribution is 6.30. The summed E-state index contributed by atoms with van der Waals surface area (Å²) in [4.78, 5) is 14.3. The number of nitrogens with one attached hydrogen (secondary N) is 1. The van der Waals surface area contributed by atoms with Crippen LogP contribution >= 0.6 is 11.6 Å². The van der Waals surface area contributed by atoms with Crippen molar-refractivity contribution in [3.63, 3.8) is 0 Å². The molecule has 0 unspecified atom stereocenters. The second-order valence-electron chi connectivity index (χ2n) is 5.91. The molecule has 0 aliphatic carbocycles. The van der Waals surface area contributed by atoms with Crippen LogP contribution in [0.5, 0.6) is 11.5 Å². The predicted octanol–water partition coefficient (Wildman–Crippen LogP) is 2.17. The van der Waals surface area contributed by atoms with Gasteiger partial charge in [-0.3, -0.25) is 4.79 Å². The lowest BCUT2D eigenvalue weighted by Gasteiger charge is -2.38. The number of halogens is 1. The van der Waals surface area contributed by atoms with Crippen LogP contribution in [0.25, 0.3) is 0 Å². The Morgan fingerprint density at radius 3 is 2.60 bits per heavy atom. The van der Waals surface area contributed by atoms with Crippen LogP contribution in [0.2, 0.25) is 5.02 Å². The fourth-order valence-corrected chi connectivity index (χ4v) is 2.82. The number of aliphatic hydroxyl groups excluding tert-OH is 1. The van der Waals surface area contributed by atoms with Gasteiger partial charge in [-0.05, 0) is 23.8 Å². The van der Waals surface area contributed by atoms with E-state index in [4.69, 9.17) is 16.3 Å². The average Bonchev–Trinajstić information content (AvgIpc) is 2.58. The number of amides is 1. The van der Waals surface area contributed by atoms with Crippen LogP contribution in [-0.4, -0.2) is 42.4 Å². The number of benzene rings is 2. The quantitative estimate of drug-likeness (QED) is 0.759. The van der Waals surface area contributed by atoms with Crippen LogP contribution in [0.3, 0.4) is 0 Å². The Balaban J connectivity index is 1.75. The first-order valence-corrected chi connectivity index (χ1v) is 8.22. The van der Waals surface area contributed by atoms with Crippen molar-refractivity contribution in [1.82, 2.24) is 5.32 Å². The summed E-state index contributed by atoms with van der Waals surface area (Å²) in [7, 11) is 1.47. The summed E-state index contributed by atoms with van der Waals surface area (Å²) in [5, 5.41) is 23.1. The van der Waals surface area contributed by atoms with E-state index in [2.05, 4.69) is 5.32 Å². The minimum atomic E-state index is -0.396. The molecule has 1 aliphatic heterocycles. The van der Waals surface area contributed by atoms with Crippen molar-refractivity contribution in [3.05, 3.63) is 52.5 Å². The highest BCUT2D eigenvalue weighted by atomic mass is 35.5. The summed E-state index contributed by atoms with van der Waals surface area (Å²) in [5.74, 6) is -0.00978. The summed E-state index contributed by atoms with van der Waals surface area (Å²) >= 11 is 5.84. The number of carbonyl (C=O) groups is 1. The number of aromatic hydroxyl groups is 1. The Kier molecular flexibility index (Phi) is 5.01. The van der Waals surface area contributed by atoms with Crippen LogP contribution in [0.1, 0.15) is 15.9 Å². The number of nitrogens with zero attached hydrogens (tertiary/aromatic N) is 1. The Hall–Kier alpha value is -2.44. The van der Waals surface area contributed by atoms with E-state index in [1.807, 2.05) is 17.0 Å². The predicted molar refractivity (Wildman–Crippen MR) is 95.5 cm³/mol. The maximum Gasteiger partial charge on any atom is 0.255 e. The number of phenols is 1. The molecule has 1 fully saturated rings. The molecule has 0 atom stereocenters. The molecule has 1 amide bonds. The van der Waals surface area contributed by atoms with Gasteiger partial charge in [0.15, 0.2) is 0 Å². The fraction of sp³-hybridized carbons (Fsp3) is 0.278. The average molecular weight is 363 g/mol. The third-order valence-corrected chi connectivity index (χ3v) is 4.36. The molecule has 0 saturated carbocycles. The Morgan fingerprint density at radius 2 is 2.00 bits per heavy atom. The summed E-state index contributed by atoms with van der Waals surface area (Å²) in [6.45, 7) is 1.22. The second kappa shape index (κ2) is 7.21. The number of ether oxygens (including phenoxy) is 1. The van der Waals surface area contributed by atoms with E-state index in [-0.39, 0.29) is 17.2 Å². The number of rotatable bonds is 5. The Bertz CT molecular complexity index is 773. The molecular weight excluding hydrogens is 344 g/mol. The van der Waals surface area contributed by atoms with E-state index in [9.17, 15) is 15.0 Å². The number of hydrogen-bond donors (Lipinski definition) is 3. The third kappa shape index (κ3) is 3.81. The lowest BCUT2D eigenvalue weighted by Crippen LogP contribution is -2.50. The molecular formula is C18H19ClN2O4. The number of methoxy groups -OCH3 is 1. The molecule has 1 heterocycles. The molecule has 1 saturated heterocycles. The molecule has 25 heavy (non-hydrogen) atoms. The standard InChI is InChI=1S/C18H19ClN2O4/c1-25-17-7-15(21-9-13(22)10-21)16(23)6-14(17)18(24)20-8-11-2-4-12(19)5-3-11/h2-7,13,22-23H,8-10H2,1H3,(H,20,24). The van der Waals surface area contributed by atoms with Gasteiger partial charge in [-0.2, -0.15) is 0 Å². The van der Waals surface area contributed by atoms with Crippen LogP contribution in [0, 0.1) is 0 Å². The molecule has 2 aromatic carbocycles. The molecule has 1 aliphatic rings. The van der Waals surface area contributed by atoms with Gasteiger partial charge in [0.2, 0.25) is 0 Å². The van der Waals surface area contributed by atoms with E-state index in [0.717, 1.165) is 5.56 Å². The van der Waals surface area contributed by atoms with E-state index in [0.29, 0.717) is 36.1 Å². The van der Waals surface area contributed by atoms with Gasteiger partial charge in [0.25, 0.3) is 5.91 Å². The summed E-state index contributed by atoms with van der Waals surface area (Å²) < 4.78 is 5.30. The molecule has 2 aromatic rings.